The fraction of sp³-hybridized carbons (Fsp3) is 0.364. The zero-order valence-electron chi connectivity index (χ0n) is 8.87. The van der Waals surface area contributed by atoms with Crippen molar-refractivity contribution in [3.8, 4) is 0 Å². The predicted octanol–water partition coefficient (Wildman–Crippen LogP) is 1.54. The molecule has 0 heterocycles. The second-order valence-corrected chi connectivity index (χ2v) is 3.20. The molecule has 0 atom stereocenters. The molecule has 0 unspecified atom stereocenters. The van der Waals surface area contributed by atoms with E-state index in [1.807, 2.05) is 0 Å². The van der Waals surface area contributed by atoms with Crippen LogP contribution in [0.25, 0.3) is 0 Å². The molecule has 0 saturated heterocycles. The monoisotopic (exact) mass is 211 g/mol. The van der Waals surface area contributed by atoms with Gasteiger partial charge in [-0.2, -0.15) is 0 Å². The number of methoxy groups -OCH3 is 1. The maximum absolute atomic E-state index is 13.2. The number of hydrogen-bond donors (Lipinski definition) is 0. The van der Waals surface area contributed by atoms with E-state index < -0.39 is 5.82 Å². The molecule has 1 aromatic carbocycles. The molecule has 0 bridgehead atoms. The van der Waals surface area contributed by atoms with Crippen molar-refractivity contribution in [2.24, 2.45) is 0 Å². The molecule has 1 amide bonds. The lowest BCUT2D eigenvalue weighted by molar-refractivity contribution is 0.0739. The van der Waals surface area contributed by atoms with E-state index in [9.17, 15) is 9.18 Å². The minimum absolute atomic E-state index is 0.0936. The molecule has 0 radical (unpaired) electrons. The third-order valence-corrected chi connectivity index (χ3v) is 2.08. The number of hydrogen-bond acceptors (Lipinski definition) is 2. The van der Waals surface area contributed by atoms with Gasteiger partial charge in [-0.1, -0.05) is 12.1 Å². The van der Waals surface area contributed by atoms with Crippen molar-refractivity contribution >= 4 is 5.91 Å². The van der Waals surface area contributed by atoms with E-state index in [1.54, 1.807) is 26.3 Å². The highest BCUT2D eigenvalue weighted by Crippen LogP contribution is 2.08. The second-order valence-electron chi connectivity index (χ2n) is 3.20. The number of amides is 1. The molecule has 0 aliphatic carbocycles. The minimum atomic E-state index is -0.494. The third-order valence-electron chi connectivity index (χ3n) is 2.08. The minimum Gasteiger partial charge on any atom is -0.383 e. The maximum Gasteiger partial charge on any atom is 0.256 e. The van der Waals surface area contributed by atoms with Gasteiger partial charge in [0, 0.05) is 20.7 Å². The number of benzene rings is 1. The quantitative estimate of drug-likeness (QED) is 0.756. The van der Waals surface area contributed by atoms with Crippen LogP contribution in [0.3, 0.4) is 0 Å². The average Bonchev–Trinajstić information content (AvgIpc) is 2.25. The third kappa shape index (κ3) is 3.02. The van der Waals surface area contributed by atoms with Gasteiger partial charge in [-0.05, 0) is 12.1 Å². The Bertz CT molecular complexity index is 341. The molecule has 0 aromatic heterocycles. The van der Waals surface area contributed by atoms with Gasteiger partial charge in [-0.25, -0.2) is 4.39 Å². The van der Waals surface area contributed by atoms with Crippen LogP contribution < -0.4 is 0 Å². The highest BCUT2D eigenvalue weighted by Gasteiger charge is 2.14. The van der Waals surface area contributed by atoms with Gasteiger partial charge >= 0.3 is 0 Å². The van der Waals surface area contributed by atoms with Gasteiger partial charge in [0.15, 0.2) is 0 Å². The zero-order chi connectivity index (χ0) is 11.3. The number of halogens is 1. The number of carbonyl (C=O) groups excluding carboxylic acids is 1. The van der Waals surface area contributed by atoms with Crippen LogP contribution >= 0.6 is 0 Å². The van der Waals surface area contributed by atoms with E-state index >= 15 is 0 Å². The Hall–Kier alpha value is -1.42. The number of rotatable bonds is 4. The summed E-state index contributed by atoms with van der Waals surface area (Å²) in [4.78, 5) is 13.1. The predicted molar refractivity (Wildman–Crippen MR) is 55.2 cm³/mol. The molecule has 4 heteroatoms. The van der Waals surface area contributed by atoms with Crippen LogP contribution in [0.15, 0.2) is 24.3 Å². The fourth-order valence-corrected chi connectivity index (χ4v) is 1.17. The standard InChI is InChI=1S/C11H14FNO2/c1-13(7-8-15-2)11(14)9-5-3-4-6-10(9)12/h3-6H,7-8H2,1-2H3. The van der Waals surface area contributed by atoms with Gasteiger partial charge < -0.3 is 9.64 Å². The maximum atomic E-state index is 13.2. The van der Waals surface area contributed by atoms with Crippen LogP contribution in [-0.2, 0) is 4.74 Å². The summed E-state index contributed by atoms with van der Waals surface area (Å²) in [6.45, 7) is 0.889. The Balaban J connectivity index is 2.72. The Kier molecular flexibility index (Phi) is 4.24. The Morgan fingerprint density at radius 3 is 2.73 bits per heavy atom. The van der Waals surface area contributed by atoms with E-state index in [4.69, 9.17) is 4.74 Å². The molecule has 0 saturated carbocycles. The van der Waals surface area contributed by atoms with Crippen LogP contribution in [0.2, 0.25) is 0 Å². The molecule has 0 aliphatic heterocycles. The van der Waals surface area contributed by atoms with Crippen molar-refractivity contribution in [2.75, 3.05) is 27.3 Å². The molecule has 15 heavy (non-hydrogen) atoms. The summed E-state index contributed by atoms with van der Waals surface area (Å²) >= 11 is 0. The largest absolute Gasteiger partial charge is 0.383 e. The highest BCUT2D eigenvalue weighted by atomic mass is 19.1. The van der Waals surface area contributed by atoms with Crippen molar-refractivity contribution in [1.29, 1.82) is 0 Å². The Morgan fingerprint density at radius 1 is 1.47 bits per heavy atom. The lowest BCUT2D eigenvalue weighted by atomic mass is 10.2. The summed E-state index contributed by atoms with van der Waals surface area (Å²) in [7, 11) is 3.18. The molecule has 0 N–H and O–H groups in total. The van der Waals surface area contributed by atoms with Crippen molar-refractivity contribution in [1.82, 2.24) is 4.90 Å². The summed E-state index contributed by atoms with van der Waals surface area (Å²) in [5, 5.41) is 0. The van der Waals surface area contributed by atoms with Gasteiger partial charge in [-0.3, -0.25) is 4.79 Å². The van der Waals surface area contributed by atoms with Gasteiger partial charge in [0.05, 0.1) is 12.2 Å². The summed E-state index contributed by atoms with van der Waals surface area (Å²) in [5.74, 6) is -0.822. The first-order valence-corrected chi connectivity index (χ1v) is 4.65. The molecule has 1 aromatic rings. The van der Waals surface area contributed by atoms with Crippen molar-refractivity contribution in [3.05, 3.63) is 35.6 Å². The lowest BCUT2D eigenvalue weighted by Gasteiger charge is -2.16. The number of ether oxygens (including phenoxy) is 1. The van der Waals surface area contributed by atoms with Gasteiger partial charge in [0.1, 0.15) is 5.82 Å². The second kappa shape index (κ2) is 5.46. The van der Waals surface area contributed by atoms with Crippen molar-refractivity contribution < 1.29 is 13.9 Å². The number of likely N-dealkylation sites (N-methyl/N-ethyl adjacent to an activating group) is 1. The summed E-state index contributed by atoms with van der Waals surface area (Å²) < 4.78 is 18.1. The first kappa shape index (κ1) is 11.7. The Morgan fingerprint density at radius 2 is 2.13 bits per heavy atom. The van der Waals surface area contributed by atoms with Crippen LogP contribution in [0, 0.1) is 5.82 Å². The number of carbonyl (C=O) groups is 1. The lowest BCUT2D eigenvalue weighted by Crippen LogP contribution is -2.30. The van der Waals surface area contributed by atoms with Crippen LogP contribution in [-0.4, -0.2) is 38.1 Å². The molecule has 0 aliphatic rings. The molecule has 0 fully saturated rings. The van der Waals surface area contributed by atoms with Gasteiger partial charge in [0.25, 0.3) is 5.91 Å². The van der Waals surface area contributed by atoms with E-state index in [1.165, 1.54) is 17.0 Å². The van der Waals surface area contributed by atoms with Crippen LogP contribution in [0.4, 0.5) is 4.39 Å². The van der Waals surface area contributed by atoms with Crippen molar-refractivity contribution in [2.45, 2.75) is 0 Å². The normalized spacial score (nSPS) is 10.1. The van der Waals surface area contributed by atoms with E-state index in [-0.39, 0.29) is 11.5 Å². The fourth-order valence-electron chi connectivity index (χ4n) is 1.17. The smallest absolute Gasteiger partial charge is 0.256 e. The molecule has 3 nitrogen and oxygen atoms in total. The molecule has 82 valence electrons. The summed E-state index contributed by atoms with van der Waals surface area (Å²) in [5.41, 5.74) is 0.0936. The van der Waals surface area contributed by atoms with E-state index in [0.717, 1.165) is 0 Å². The molecular formula is C11H14FNO2. The average molecular weight is 211 g/mol. The summed E-state index contributed by atoms with van der Waals surface area (Å²) in [6, 6.07) is 5.94. The van der Waals surface area contributed by atoms with Crippen LogP contribution in [0.5, 0.6) is 0 Å². The summed E-state index contributed by atoms with van der Waals surface area (Å²) in [6.07, 6.45) is 0. The van der Waals surface area contributed by atoms with E-state index in [0.29, 0.717) is 13.2 Å². The first-order valence-electron chi connectivity index (χ1n) is 4.65. The highest BCUT2D eigenvalue weighted by molar-refractivity contribution is 5.94. The number of nitrogens with zero attached hydrogens (tertiary/aromatic N) is 1. The first-order chi connectivity index (χ1) is 7.16. The van der Waals surface area contributed by atoms with Gasteiger partial charge in [0.2, 0.25) is 0 Å². The van der Waals surface area contributed by atoms with Gasteiger partial charge in [-0.15, -0.1) is 0 Å². The molecule has 0 spiro atoms. The topological polar surface area (TPSA) is 29.5 Å². The SMILES string of the molecule is COCCN(C)C(=O)c1ccccc1F. The van der Waals surface area contributed by atoms with E-state index in [2.05, 4.69) is 0 Å². The molecular weight excluding hydrogens is 197 g/mol. The molecule has 1 rings (SSSR count). The Labute approximate surface area is 88.5 Å². The zero-order valence-corrected chi connectivity index (χ0v) is 8.87. The van der Waals surface area contributed by atoms with Crippen molar-refractivity contribution in [3.63, 3.8) is 0 Å². The van der Waals surface area contributed by atoms with Crippen LogP contribution in [0.1, 0.15) is 10.4 Å².